The van der Waals surface area contributed by atoms with Gasteiger partial charge in [0.15, 0.2) is 0 Å². The number of aromatic nitrogens is 2. The highest BCUT2D eigenvalue weighted by Crippen LogP contribution is 2.32. The predicted molar refractivity (Wildman–Crippen MR) is 104 cm³/mol. The first-order valence-electron chi connectivity index (χ1n) is 8.90. The second kappa shape index (κ2) is 7.75. The molecule has 1 saturated heterocycles. The number of morpholine rings is 1. The molecule has 2 aromatic carbocycles. The van der Waals surface area contributed by atoms with E-state index in [-0.39, 0.29) is 17.1 Å². The molecular formula is C19H19N5O4. The van der Waals surface area contributed by atoms with E-state index in [9.17, 15) is 15.2 Å². The van der Waals surface area contributed by atoms with Crippen molar-refractivity contribution in [3.05, 3.63) is 58.4 Å². The minimum atomic E-state index is -0.507. The van der Waals surface area contributed by atoms with Gasteiger partial charge in [0.1, 0.15) is 17.4 Å². The molecule has 9 nitrogen and oxygen atoms in total. The van der Waals surface area contributed by atoms with Crippen molar-refractivity contribution in [2.75, 3.05) is 31.6 Å². The summed E-state index contributed by atoms with van der Waals surface area (Å²) in [7, 11) is 0. The first kappa shape index (κ1) is 18.1. The van der Waals surface area contributed by atoms with Crippen molar-refractivity contribution in [3.8, 4) is 5.75 Å². The fourth-order valence-corrected chi connectivity index (χ4v) is 3.12. The Morgan fingerprint density at radius 3 is 2.75 bits per heavy atom. The summed E-state index contributed by atoms with van der Waals surface area (Å²) >= 11 is 0. The molecule has 1 aromatic heterocycles. The summed E-state index contributed by atoms with van der Waals surface area (Å²) in [5.41, 5.74) is 0.857. The Labute approximate surface area is 160 Å². The molecule has 0 spiro atoms. The molecule has 1 aliphatic rings. The predicted octanol–water partition coefficient (Wildman–Crippen LogP) is 2.82. The van der Waals surface area contributed by atoms with Gasteiger partial charge in [-0.15, -0.1) is 0 Å². The van der Waals surface area contributed by atoms with E-state index in [0.717, 1.165) is 24.0 Å². The zero-order valence-corrected chi connectivity index (χ0v) is 15.0. The van der Waals surface area contributed by atoms with Crippen LogP contribution in [0.5, 0.6) is 5.75 Å². The van der Waals surface area contributed by atoms with Gasteiger partial charge in [-0.05, 0) is 18.2 Å². The lowest BCUT2D eigenvalue weighted by atomic mass is 10.2. The van der Waals surface area contributed by atoms with Crippen LogP contribution in [0.25, 0.3) is 10.9 Å². The molecule has 28 heavy (non-hydrogen) atoms. The van der Waals surface area contributed by atoms with Gasteiger partial charge >= 0.3 is 0 Å². The summed E-state index contributed by atoms with van der Waals surface area (Å²) in [6.45, 7) is 3.56. The molecule has 0 bridgehead atoms. The number of para-hydroxylation sites is 1. The molecule has 2 heterocycles. The third kappa shape index (κ3) is 3.85. The van der Waals surface area contributed by atoms with E-state index in [2.05, 4.69) is 20.2 Å². The number of aromatic hydroxyl groups is 1. The molecule has 0 saturated carbocycles. The van der Waals surface area contributed by atoms with Crippen molar-refractivity contribution in [3.63, 3.8) is 0 Å². The Kier molecular flexibility index (Phi) is 5.00. The summed E-state index contributed by atoms with van der Waals surface area (Å²) < 4.78 is 5.38. The van der Waals surface area contributed by atoms with Crippen LogP contribution in [0.15, 0.2) is 42.5 Å². The molecule has 3 aromatic rings. The van der Waals surface area contributed by atoms with Crippen molar-refractivity contribution in [2.45, 2.75) is 6.54 Å². The maximum atomic E-state index is 11.1. The maximum absolute atomic E-state index is 11.1. The lowest BCUT2D eigenvalue weighted by molar-refractivity contribution is -0.384. The van der Waals surface area contributed by atoms with Crippen LogP contribution in [-0.2, 0) is 11.3 Å². The number of fused-ring (bicyclic) bond motifs is 1. The highest BCUT2D eigenvalue weighted by molar-refractivity contribution is 5.91. The lowest BCUT2D eigenvalue weighted by Crippen LogP contribution is -2.36. The Morgan fingerprint density at radius 1 is 1.18 bits per heavy atom. The van der Waals surface area contributed by atoms with Crippen LogP contribution < -0.4 is 5.32 Å². The minimum Gasteiger partial charge on any atom is -0.506 e. The molecule has 1 fully saturated rings. The monoisotopic (exact) mass is 381 g/mol. The van der Waals surface area contributed by atoms with Crippen LogP contribution in [-0.4, -0.2) is 51.2 Å². The van der Waals surface area contributed by atoms with Gasteiger partial charge in [0.05, 0.1) is 35.9 Å². The normalized spacial score (nSPS) is 14.9. The number of rotatable bonds is 5. The van der Waals surface area contributed by atoms with Crippen molar-refractivity contribution < 1.29 is 14.8 Å². The van der Waals surface area contributed by atoms with Crippen molar-refractivity contribution >= 4 is 28.1 Å². The Bertz CT molecular complexity index is 1020. The smallest absolute Gasteiger partial charge is 0.271 e. The first-order chi connectivity index (χ1) is 13.6. The zero-order chi connectivity index (χ0) is 19.5. The highest BCUT2D eigenvalue weighted by Gasteiger charge is 2.16. The summed E-state index contributed by atoms with van der Waals surface area (Å²) in [5, 5.41) is 25.0. The second-order valence-electron chi connectivity index (χ2n) is 6.48. The molecular weight excluding hydrogens is 362 g/mol. The fourth-order valence-electron chi connectivity index (χ4n) is 3.12. The minimum absolute atomic E-state index is 0.0944. The van der Waals surface area contributed by atoms with E-state index >= 15 is 0 Å². The van der Waals surface area contributed by atoms with Crippen LogP contribution in [0.4, 0.5) is 17.2 Å². The molecule has 0 unspecified atom stereocenters. The van der Waals surface area contributed by atoms with E-state index in [0.29, 0.717) is 31.4 Å². The topological polar surface area (TPSA) is 114 Å². The molecule has 144 valence electrons. The van der Waals surface area contributed by atoms with E-state index in [1.807, 2.05) is 24.3 Å². The average molecular weight is 381 g/mol. The number of phenolic OH excluding ortho intramolecular Hbond substituents is 1. The van der Waals surface area contributed by atoms with E-state index in [1.54, 1.807) is 0 Å². The molecule has 4 rings (SSSR count). The molecule has 0 aliphatic carbocycles. The number of nitrogens with one attached hydrogen (secondary N) is 1. The number of nitro benzene ring substituents is 1. The van der Waals surface area contributed by atoms with Gasteiger partial charge in [-0.25, -0.2) is 9.97 Å². The van der Waals surface area contributed by atoms with Gasteiger partial charge in [-0.3, -0.25) is 15.0 Å². The number of anilines is 2. The Balaban J connectivity index is 1.71. The second-order valence-corrected chi connectivity index (χ2v) is 6.48. The van der Waals surface area contributed by atoms with Gasteiger partial charge in [0.2, 0.25) is 0 Å². The van der Waals surface area contributed by atoms with E-state index in [4.69, 9.17) is 4.74 Å². The van der Waals surface area contributed by atoms with Crippen molar-refractivity contribution in [1.82, 2.24) is 14.9 Å². The number of ether oxygens (including phenoxy) is 1. The van der Waals surface area contributed by atoms with E-state index in [1.165, 1.54) is 18.2 Å². The third-order valence-corrected chi connectivity index (χ3v) is 4.56. The largest absolute Gasteiger partial charge is 0.506 e. The summed E-state index contributed by atoms with van der Waals surface area (Å²) in [5.74, 6) is 1.03. The summed E-state index contributed by atoms with van der Waals surface area (Å²) in [6.07, 6.45) is 0. The van der Waals surface area contributed by atoms with Crippen LogP contribution in [0, 0.1) is 10.1 Å². The lowest BCUT2D eigenvalue weighted by Gasteiger charge is -2.26. The summed E-state index contributed by atoms with van der Waals surface area (Å²) in [6, 6.07) is 11.3. The standard InChI is InChI=1S/C19H19N5O4/c25-17-6-5-13(24(26)27)11-16(17)21-19-14-3-1-2-4-15(14)20-18(22-19)12-23-7-9-28-10-8-23/h1-6,11,25H,7-10,12H2,(H,20,21,22). The first-order valence-corrected chi connectivity index (χ1v) is 8.90. The number of phenols is 1. The number of hydrogen-bond acceptors (Lipinski definition) is 8. The van der Waals surface area contributed by atoms with Crippen LogP contribution in [0.1, 0.15) is 5.82 Å². The summed E-state index contributed by atoms with van der Waals surface area (Å²) in [4.78, 5) is 22.0. The number of hydrogen-bond donors (Lipinski definition) is 2. The molecule has 0 amide bonds. The fraction of sp³-hybridized carbons (Fsp3) is 0.263. The number of nitro groups is 1. The Hall–Kier alpha value is -3.30. The molecule has 2 N–H and O–H groups in total. The Morgan fingerprint density at radius 2 is 1.96 bits per heavy atom. The third-order valence-electron chi connectivity index (χ3n) is 4.56. The van der Waals surface area contributed by atoms with Crippen LogP contribution in [0.2, 0.25) is 0 Å². The van der Waals surface area contributed by atoms with E-state index < -0.39 is 4.92 Å². The SMILES string of the molecule is O=[N+]([O-])c1ccc(O)c(Nc2nc(CN3CCOCC3)nc3ccccc23)c1. The zero-order valence-electron chi connectivity index (χ0n) is 15.0. The van der Waals surface area contributed by atoms with Gasteiger partial charge < -0.3 is 15.2 Å². The molecule has 0 atom stereocenters. The molecule has 9 heteroatoms. The van der Waals surface area contributed by atoms with Crippen molar-refractivity contribution in [2.24, 2.45) is 0 Å². The number of non-ortho nitro benzene ring substituents is 1. The van der Waals surface area contributed by atoms with Gasteiger partial charge in [0, 0.05) is 30.6 Å². The molecule has 1 aliphatic heterocycles. The highest BCUT2D eigenvalue weighted by atomic mass is 16.6. The number of nitrogens with zero attached hydrogens (tertiary/aromatic N) is 4. The van der Waals surface area contributed by atoms with Crippen LogP contribution >= 0.6 is 0 Å². The van der Waals surface area contributed by atoms with Crippen LogP contribution in [0.3, 0.4) is 0 Å². The van der Waals surface area contributed by atoms with Gasteiger partial charge in [0.25, 0.3) is 5.69 Å². The maximum Gasteiger partial charge on any atom is 0.271 e. The quantitative estimate of drug-likeness (QED) is 0.394. The van der Waals surface area contributed by atoms with Gasteiger partial charge in [-0.2, -0.15) is 0 Å². The number of benzene rings is 2. The molecule has 0 radical (unpaired) electrons. The van der Waals surface area contributed by atoms with Gasteiger partial charge in [-0.1, -0.05) is 12.1 Å². The van der Waals surface area contributed by atoms with Crippen molar-refractivity contribution in [1.29, 1.82) is 0 Å². The average Bonchev–Trinajstić information content (AvgIpc) is 2.70.